The Morgan fingerprint density at radius 3 is 2.77 bits per heavy atom. The summed E-state index contributed by atoms with van der Waals surface area (Å²) in [4.78, 5) is 11.5. The van der Waals surface area contributed by atoms with Crippen LogP contribution in [0.3, 0.4) is 0 Å². The molecule has 7 heteroatoms. The number of hydrogen-bond donors (Lipinski definition) is 0. The normalized spacial score (nSPS) is 32.5. The lowest BCUT2D eigenvalue weighted by Crippen LogP contribution is -2.33. The molecule has 2 aliphatic heterocycles. The van der Waals surface area contributed by atoms with Crippen molar-refractivity contribution in [2.24, 2.45) is 0 Å². The highest BCUT2D eigenvalue weighted by atomic mass is 35.5. The van der Waals surface area contributed by atoms with Gasteiger partial charge in [-0.1, -0.05) is 0 Å². The van der Waals surface area contributed by atoms with Crippen LogP contribution in [0.15, 0.2) is 0 Å². The second-order valence-corrected chi connectivity index (χ2v) is 5.13. The maximum atomic E-state index is 11.6. The number of fused-ring (bicyclic) bond motifs is 1. The van der Waals surface area contributed by atoms with E-state index in [1.54, 1.807) is 0 Å². The number of carbonyl (C=O) groups is 1. The van der Waals surface area contributed by atoms with Gasteiger partial charge >= 0.3 is 10.2 Å². The average molecular weight is 225 g/mol. The topological polar surface area (TPSA) is 57.7 Å². The third-order valence-corrected chi connectivity index (χ3v) is 4.69. The van der Waals surface area contributed by atoms with Crippen LogP contribution in [-0.4, -0.2) is 41.5 Å². The van der Waals surface area contributed by atoms with Crippen LogP contribution in [0.4, 0.5) is 0 Å². The van der Waals surface area contributed by atoms with Gasteiger partial charge in [-0.25, -0.2) is 4.31 Å². The molecule has 0 aromatic rings. The summed E-state index contributed by atoms with van der Waals surface area (Å²) in [5.41, 5.74) is 0. The van der Waals surface area contributed by atoms with Gasteiger partial charge < -0.3 is 0 Å². The molecule has 0 N–H and O–H groups in total. The van der Waals surface area contributed by atoms with Crippen molar-refractivity contribution in [3.8, 4) is 0 Å². The average Bonchev–Trinajstić information content (AvgIpc) is 2.57. The molecule has 1 amide bonds. The minimum atomic E-state index is -3.58. The molecule has 2 fully saturated rings. The molecule has 0 saturated carbocycles. The minimum Gasteiger partial charge on any atom is -0.272 e. The Morgan fingerprint density at radius 1 is 1.54 bits per heavy atom. The standard InChI is InChI=1S/C6H9ClN2O3S/c7-4-9-6(10)5-2-1-3-8(5)13(9,11)12/h5H,1-4H2. The second kappa shape index (κ2) is 2.83. The highest BCUT2D eigenvalue weighted by Gasteiger charge is 2.51. The molecule has 74 valence electrons. The van der Waals surface area contributed by atoms with Crippen molar-refractivity contribution in [2.75, 3.05) is 12.5 Å². The third kappa shape index (κ3) is 1.09. The van der Waals surface area contributed by atoms with Crippen LogP contribution in [0.25, 0.3) is 0 Å². The lowest BCUT2D eigenvalue weighted by atomic mass is 10.2. The number of rotatable bonds is 1. The first-order chi connectivity index (χ1) is 6.09. The van der Waals surface area contributed by atoms with Crippen LogP contribution >= 0.6 is 11.6 Å². The Kier molecular flexibility index (Phi) is 2.01. The zero-order valence-electron chi connectivity index (χ0n) is 6.81. The van der Waals surface area contributed by atoms with Crippen molar-refractivity contribution in [1.29, 1.82) is 0 Å². The number of halogens is 1. The summed E-state index contributed by atoms with van der Waals surface area (Å²) in [6, 6.07) is -0.766. The molecule has 0 aromatic carbocycles. The fourth-order valence-corrected chi connectivity index (χ4v) is 3.88. The van der Waals surface area contributed by atoms with E-state index in [-0.39, 0.29) is 11.9 Å². The third-order valence-electron chi connectivity index (χ3n) is 2.42. The van der Waals surface area contributed by atoms with E-state index in [1.807, 2.05) is 0 Å². The van der Waals surface area contributed by atoms with Crippen molar-refractivity contribution in [3.63, 3.8) is 0 Å². The molecule has 0 bridgehead atoms. The van der Waals surface area contributed by atoms with Crippen molar-refractivity contribution in [1.82, 2.24) is 8.61 Å². The van der Waals surface area contributed by atoms with Gasteiger partial charge in [0.25, 0.3) is 5.91 Å². The summed E-state index contributed by atoms with van der Waals surface area (Å²) >= 11 is 5.40. The van der Waals surface area contributed by atoms with Gasteiger partial charge in [0.2, 0.25) is 0 Å². The van der Waals surface area contributed by atoms with Gasteiger partial charge in [0.1, 0.15) is 12.0 Å². The Balaban J connectivity index is 2.43. The summed E-state index contributed by atoms with van der Waals surface area (Å²) in [6.07, 6.45) is 1.37. The molecule has 2 rings (SSSR count). The van der Waals surface area contributed by atoms with E-state index in [0.29, 0.717) is 13.0 Å². The minimum absolute atomic E-state index is 0.284. The molecule has 0 radical (unpaired) electrons. The van der Waals surface area contributed by atoms with Gasteiger partial charge in [-0.05, 0) is 12.8 Å². The lowest BCUT2D eigenvalue weighted by molar-refractivity contribution is -0.126. The van der Waals surface area contributed by atoms with Crippen molar-refractivity contribution < 1.29 is 13.2 Å². The van der Waals surface area contributed by atoms with Crippen molar-refractivity contribution >= 4 is 27.7 Å². The van der Waals surface area contributed by atoms with Crippen LogP contribution in [0, 0.1) is 0 Å². The Hall–Kier alpha value is -0.330. The van der Waals surface area contributed by atoms with Crippen LogP contribution in [0.2, 0.25) is 0 Å². The molecule has 2 heterocycles. The zero-order chi connectivity index (χ0) is 9.64. The van der Waals surface area contributed by atoms with Gasteiger partial charge in [0.05, 0.1) is 0 Å². The molecular weight excluding hydrogens is 216 g/mol. The summed E-state index contributed by atoms with van der Waals surface area (Å²) in [7, 11) is -3.58. The van der Waals surface area contributed by atoms with Crippen LogP contribution in [0.5, 0.6) is 0 Å². The molecule has 2 saturated heterocycles. The number of nitrogens with zero attached hydrogens (tertiary/aromatic N) is 2. The molecule has 0 aromatic heterocycles. The van der Waals surface area contributed by atoms with Crippen molar-refractivity contribution in [2.45, 2.75) is 18.9 Å². The molecule has 0 aliphatic carbocycles. The van der Waals surface area contributed by atoms with E-state index in [4.69, 9.17) is 11.6 Å². The number of hydrogen-bond acceptors (Lipinski definition) is 3. The summed E-state index contributed by atoms with van der Waals surface area (Å²) in [6.45, 7) is 0.437. The number of amides is 1. The molecule has 1 unspecified atom stereocenters. The van der Waals surface area contributed by atoms with Gasteiger partial charge in [0.15, 0.2) is 0 Å². The predicted octanol–water partition coefficient (Wildman–Crippen LogP) is -0.266. The summed E-state index contributed by atoms with van der Waals surface area (Å²) in [5, 5.41) is 0. The summed E-state index contributed by atoms with van der Waals surface area (Å²) in [5.74, 6) is -0.382. The smallest absolute Gasteiger partial charge is 0.272 e. The lowest BCUT2D eigenvalue weighted by Gasteiger charge is -2.13. The number of alkyl halides is 1. The Morgan fingerprint density at radius 2 is 2.23 bits per heavy atom. The highest BCUT2D eigenvalue weighted by Crippen LogP contribution is 2.31. The van der Waals surface area contributed by atoms with Gasteiger partial charge in [-0.2, -0.15) is 12.7 Å². The van der Waals surface area contributed by atoms with Gasteiger partial charge in [0, 0.05) is 6.54 Å². The fourth-order valence-electron chi connectivity index (χ4n) is 1.79. The molecule has 2 aliphatic rings. The maximum absolute atomic E-state index is 11.6. The molecule has 1 atom stereocenters. The van der Waals surface area contributed by atoms with E-state index < -0.39 is 16.3 Å². The molecule has 13 heavy (non-hydrogen) atoms. The van der Waals surface area contributed by atoms with Gasteiger partial charge in [-0.3, -0.25) is 4.79 Å². The largest absolute Gasteiger partial charge is 0.308 e. The summed E-state index contributed by atoms with van der Waals surface area (Å²) < 4.78 is 25.1. The van der Waals surface area contributed by atoms with Crippen LogP contribution < -0.4 is 0 Å². The monoisotopic (exact) mass is 224 g/mol. The van der Waals surface area contributed by atoms with E-state index in [1.165, 1.54) is 4.31 Å². The van der Waals surface area contributed by atoms with Crippen molar-refractivity contribution in [3.05, 3.63) is 0 Å². The molecular formula is C6H9ClN2O3S. The second-order valence-electron chi connectivity index (χ2n) is 3.08. The maximum Gasteiger partial charge on any atom is 0.308 e. The predicted molar refractivity (Wildman–Crippen MR) is 46.2 cm³/mol. The SMILES string of the molecule is O=C1C2CCCN2S(=O)(=O)N1CCl. The molecule has 0 spiro atoms. The fraction of sp³-hybridized carbons (Fsp3) is 0.833. The number of carbonyl (C=O) groups excluding carboxylic acids is 1. The first-order valence-corrected chi connectivity index (χ1v) is 5.91. The zero-order valence-corrected chi connectivity index (χ0v) is 8.38. The first kappa shape index (κ1) is 9.23. The van der Waals surface area contributed by atoms with E-state index in [9.17, 15) is 13.2 Å². The van der Waals surface area contributed by atoms with E-state index in [0.717, 1.165) is 10.7 Å². The van der Waals surface area contributed by atoms with Crippen LogP contribution in [-0.2, 0) is 15.0 Å². The van der Waals surface area contributed by atoms with E-state index >= 15 is 0 Å². The van der Waals surface area contributed by atoms with E-state index in [2.05, 4.69) is 0 Å². The Bertz CT molecular complexity index is 342. The first-order valence-electron chi connectivity index (χ1n) is 3.98. The van der Waals surface area contributed by atoms with Gasteiger partial charge in [-0.15, -0.1) is 11.6 Å². The molecule has 5 nitrogen and oxygen atoms in total. The highest BCUT2D eigenvalue weighted by molar-refractivity contribution is 7.87. The quantitative estimate of drug-likeness (QED) is 0.455. The Labute approximate surface area is 81.4 Å². The van der Waals surface area contributed by atoms with Crippen LogP contribution in [0.1, 0.15) is 12.8 Å².